The second-order valence-corrected chi connectivity index (χ2v) is 5.58. The molecule has 2 rings (SSSR count). The number of aromatic nitrogens is 2. The Morgan fingerprint density at radius 1 is 1.18 bits per heavy atom. The van der Waals surface area contributed by atoms with Crippen LogP contribution in [-0.2, 0) is 0 Å². The van der Waals surface area contributed by atoms with Gasteiger partial charge in [0, 0.05) is 16.5 Å². The fourth-order valence-corrected chi connectivity index (χ4v) is 2.37. The van der Waals surface area contributed by atoms with Gasteiger partial charge in [0.25, 0.3) is 5.56 Å². The molecule has 0 aliphatic rings. The zero-order valence-electron chi connectivity index (χ0n) is 13.8. The highest BCUT2D eigenvalue weighted by atomic mass is 16.5. The Balaban J connectivity index is 2.78. The molecular formula is C18H22N2O2. The molecular weight excluding hydrogens is 276 g/mol. The van der Waals surface area contributed by atoms with Crippen molar-refractivity contribution in [3.8, 4) is 11.4 Å². The second-order valence-electron chi connectivity index (χ2n) is 5.58. The highest BCUT2D eigenvalue weighted by molar-refractivity contribution is 5.46. The van der Waals surface area contributed by atoms with Gasteiger partial charge in [0.15, 0.2) is 0 Å². The smallest absolute Gasteiger partial charge is 0.279 e. The number of ether oxygens (including phenoxy) is 1. The molecule has 1 aromatic heterocycles. The van der Waals surface area contributed by atoms with Crippen LogP contribution >= 0.6 is 0 Å². The summed E-state index contributed by atoms with van der Waals surface area (Å²) < 4.78 is 6.92. The van der Waals surface area contributed by atoms with E-state index in [2.05, 4.69) is 5.10 Å². The van der Waals surface area contributed by atoms with Gasteiger partial charge in [-0.25, -0.2) is 0 Å². The van der Waals surface area contributed by atoms with E-state index in [4.69, 9.17) is 4.74 Å². The summed E-state index contributed by atoms with van der Waals surface area (Å²) in [6, 6.07) is 7.42. The van der Waals surface area contributed by atoms with E-state index in [0.717, 1.165) is 27.3 Å². The summed E-state index contributed by atoms with van der Waals surface area (Å²) in [5, 5.41) is 5.95. The Hall–Kier alpha value is -2.36. The Kier molecular flexibility index (Phi) is 4.81. The van der Waals surface area contributed by atoms with Crippen LogP contribution in [0.4, 0.5) is 0 Å². The fourth-order valence-electron chi connectivity index (χ4n) is 2.37. The summed E-state index contributed by atoms with van der Waals surface area (Å²) in [7, 11) is 0. The van der Waals surface area contributed by atoms with Crippen molar-refractivity contribution in [1.29, 1.82) is 0 Å². The lowest BCUT2D eigenvalue weighted by atomic mass is 10.1. The lowest BCUT2D eigenvalue weighted by Crippen LogP contribution is -2.47. The van der Waals surface area contributed by atoms with Gasteiger partial charge in [-0.05, 0) is 46.8 Å². The molecule has 0 amide bonds. The van der Waals surface area contributed by atoms with Crippen molar-refractivity contribution in [3.63, 3.8) is 0 Å². The summed E-state index contributed by atoms with van der Waals surface area (Å²) in [6.07, 6.45) is 1.76. The van der Waals surface area contributed by atoms with Crippen LogP contribution in [-0.4, -0.2) is 16.4 Å². The first kappa shape index (κ1) is 16.0. The first-order chi connectivity index (χ1) is 10.5. The largest absolute Gasteiger partial charge is 0.494 e. The summed E-state index contributed by atoms with van der Waals surface area (Å²) >= 11 is 0. The third-order valence-electron chi connectivity index (χ3n) is 3.39. The van der Waals surface area contributed by atoms with E-state index in [1.807, 2.05) is 58.9 Å². The molecule has 116 valence electrons. The predicted molar refractivity (Wildman–Crippen MR) is 89.8 cm³/mol. The van der Waals surface area contributed by atoms with Gasteiger partial charge in [0.1, 0.15) is 5.75 Å². The third-order valence-corrected chi connectivity index (χ3v) is 3.39. The van der Waals surface area contributed by atoms with Gasteiger partial charge in [-0.3, -0.25) is 4.79 Å². The van der Waals surface area contributed by atoms with E-state index in [1.165, 1.54) is 4.68 Å². The molecule has 0 radical (unpaired) electrons. The second kappa shape index (κ2) is 6.60. The maximum atomic E-state index is 12.8. The average molecular weight is 298 g/mol. The van der Waals surface area contributed by atoms with Crippen LogP contribution < -0.4 is 20.7 Å². The van der Waals surface area contributed by atoms with Crippen LogP contribution in [0, 0.1) is 0 Å². The van der Waals surface area contributed by atoms with E-state index < -0.39 is 0 Å². The number of hydrogen-bond donors (Lipinski definition) is 0. The number of rotatable bonds is 3. The van der Waals surface area contributed by atoms with E-state index >= 15 is 0 Å². The standard InChI is InChI=1S/C18H22N2O2/c1-6-22-15-9-7-8-14(10-15)20-18(21)17(13(4)5)16(11-19-20)12(2)3/h7-11H,6H2,1-5H3. The summed E-state index contributed by atoms with van der Waals surface area (Å²) in [6.45, 7) is 10.4. The highest BCUT2D eigenvalue weighted by Crippen LogP contribution is 2.14. The van der Waals surface area contributed by atoms with Crippen LogP contribution in [0.15, 0.2) is 35.3 Å². The molecule has 0 spiro atoms. The van der Waals surface area contributed by atoms with Gasteiger partial charge in [0.2, 0.25) is 0 Å². The van der Waals surface area contributed by atoms with Gasteiger partial charge >= 0.3 is 0 Å². The zero-order chi connectivity index (χ0) is 16.3. The minimum Gasteiger partial charge on any atom is -0.494 e. The molecule has 0 N–H and O–H groups in total. The van der Waals surface area contributed by atoms with Gasteiger partial charge < -0.3 is 4.74 Å². The molecule has 0 saturated heterocycles. The van der Waals surface area contributed by atoms with E-state index in [0.29, 0.717) is 12.3 Å². The normalized spacial score (nSPS) is 10.4. The molecule has 0 unspecified atom stereocenters. The highest BCUT2D eigenvalue weighted by Gasteiger charge is 2.06. The molecule has 0 bridgehead atoms. The monoisotopic (exact) mass is 298 g/mol. The van der Waals surface area contributed by atoms with Gasteiger partial charge in [0.05, 0.1) is 18.5 Å². The Morgan fingerprint density at radius 3 is 2.50 bits per heavy atom. The van der Waals surface area contributed by atoms with Gasteiger partial charge in [-0.2, -0.15) is 9.78 Å². The minimum absolute atomic E-state index is 0.104. The maximum absolute atomic E-state index is 12.8. The summed E-state index contributed by atoms with van der Waals surface area (Å²) in [5.41, 5.74) is 2.67. The number of benzene rings is 1. The van der Waals surface area contributed by atoms with Crippen LogP contribution in [0.25, 0.3) is 16.8 Å². The molecule has 0 aliphatic heterocycles. The molecule has 1 heterocycles. The lowest BCUT2D eigenvalue weighted by Gasteiger charge is -2.08. The quantitative estimate of drug-likeness (QED) is 0.870. The van der Waals surface area contributed by atoms with Crippen molar-refractivity contribution in [2.75, 3.05) is 6.61 Å². The number of nitrogens with zero attached hydrogens (tertiary/aromatic N) is 2. The van der Waals surface area contributed by atoms with Crippen LogP contribution in [0.2, 0.25) is 0 Å². The van der Waals surface area contributed by atoms with Crippen molar-refractivity contribution < 1.29 is 4.74 Å². The molecule has 22 heavy (non-hydrogen) atoms. The van der Waals surface area contributed by atoms with Crippen LogP contribution in [0.1, 0.15) is 34.6 Å². The maximum Gasteiger partial charge on any atom is 0.279 e. The molecule has 0 fully saturated rings. The van der Waals surface area contributed by atoms with Crippen molar-refractivity contribution in [2.45, 2.75) is 34.6 Å². The number of hydrogen-bond acceptors (Lipinski definition) is 3. The van der Waals surface area contributed by atoms with E-state index in [1.54, 1.807) is 6.20 Å². The molecule has 0 aliphatic carbocycles. The van der Waals surface area contributed by atoms with Crippen molar-refractivity contribution in [3.05, 3.63) is 51.3 Å². The molecule has 4 nitrogen and oxygen atoms in total. The Morgan fingerprint density at radius 2 is 1.91 bits per heavy atom. The molecule has 1 aromatic carbocycles. The molecule has 0 atom stereocenters. The van der Waals surface area contributed by atoms with Crippen molar-refractivity contribution in [1.82, 2.24) is 9.78 Å². The van der Waals surface area contributed by atoms with Crippen molar-refractivity contribution >= 4 is 11.1 Å². The van der Waals surface area contributed by atoms with E-state index in [9.17, 15) is 4.79 Å². The first-order valence-corrected chi connectivity index (χ1v) is 7.42. The summed E-state index contributed by atoms with van der Waals surface area (Å²) in [4.78, 5) is 12.8. The van der Waals surface area contributed by atoms with Crippen molar-refractivity contribution in [2.24, 2.45) is 0 Å². The lowest BCUT2D eigenvalue weighted by molar-refractivity contribution is 0.340. The zero-order valence-corrected chi connectivity index (χ0v) is 13.8. The van der Waals surface area contributed by atoms with E-state index in [-0.39, 0.29) is 5.56 Å². The molecule has 0 saturated carbocycles. The average Bonchev–Trinajstić information content (AvgIpc) is 2.47. The fraction of sp³-hybridized carbons (Fsp3) is 0.333. The molecule has 2 aromatic rings. The predicted octanol–water partition coefficient (Wildman–Crippen LogP) is 2.01. The van der Waals surface area contributed by atoms with Gasteiger partial charge in [-0.15, -0.1) is 0 Å². The topological polar surface area (TPSA) is 44.1 Å². The third kappa shape index (κ3) is 3.11. The van der Waals surface area contributed by atoms with Crippen LogP contribution in [0.3, 0.4) is 0 Å². The summed E-state index contributed by atoms with van der Waals surface area (Å²) in [5.74, 6) is 0.731. The Labute approximate surface area is 130 Å². The van der Waals surface area contributed by atoms with Gasteiger partial charge in [-0.1, -0.05) is 17.2 Å². The SMILES string of the molecule is CCOc1cccc(-n2ncc(=C(C)C)c(=C(C)C)c2=O)c1. The first-order valence-electron chi connectivity index (χ1n) is 7.42. The Bertz CT molecular complexity index is 855. The minimum atomic E-state index is -0.104. The van der Waals surface area contributed by atoms with Crippen LogP contribution in [0.5, 0.6) is 5.75 Å². The molecule has 4 heteroatoms.